The molecule has 0 fully saturated rings. The van der Waals surface area contributed by atoms with Crippen LogP contribution in [0.15, 0.2) is 48.7 Å². The predicted octanol–water partition coefficient (Wildman–Crippen LogP) is 4.64. The van der Waals surface area contributed by atoms with Crippen LogP contribution in [-0.2, 0) is 6.18 Å². The third kappa shape index (κ3) is 4.58. The number of nitrogens with zero attached hydrogens (tertiary/aromatic N) is 3. The van der Waals surface area contributed by atoms with Crippen molar-refractivity contribution in [3.63, 3.8) is 0 Å². The first-order chi connectivity index (χ1) is 15.6. The van der Waals surface area contributed by atoms with Crippen molar-refractivity contribution in [3.05, 3.63) is 71.3 Å². The van der Waals surface area contributed by atoms with Gasteiger partial charge >= 0.3 is 6.18 Å². The van der Waals surface area contributed by atoms with E-state index in [9.17, 15) is 27.2 Å². The lowest BCUT2D eigenvalue weighted by molar-refractivity contribution is -0.137. The van der Waals surface area contributed by atoms with Crippen LogP contribution < -0.4 is 15.0 Å². The van der Waals surface area contributed by atoms with Gasteiger partial charge in [0.1, 0.15) is 11.6 Å². The first kappa shape index (κ1) is 25.1. The van der Waals surface area contributed by atoms with E-state index in [0.29, 0.717) is 0 Å². The van der Waals surface area contributed by atoms with Crippen LogP contribution in [0.3, 0.4) is 0 Å². The van der Waals surface area contributed by atoms with Gasteiger partial charge in [-0.3, -0.25) is 14.3 Å². The Labute approximate surface area is 198 Å². The first-order valence-corrected chi connectivity index (χ1v) is 9.81. The number of hydrogen-bond donors (Lipinski definition) is 1. The highest BCUT2D eigenvalue weighted by Gasteiger charge is 2.35. The van der Waals surface area contributed by atoms with Crippen LogP contribution in [0.2, 0.25) is 0 Å². The maximum absolute atomic E-state index is 14.2. The Morgan fingerprint density at radius 1 is 1.18 bits per heavy atom. The number of aromatic nitrogens is 2. The minimum Gasteiger partial charge on any atom is -0.497 e. The molecule has 3 aromatic rings. The Hall–Kier alpha value is -3.54. The fraction of sp³-hybridized carbons (Fsp3) is 0.227. The van der Waals surface area contributed by atoms with Crippen molar-refractivity contribution in [3.8, 4) is 5.75 Å². The Morgan fingerprint density at radius 2 is 1.85 bits per heavy atom. The van der Waals surface area contributed by atoms with E-state index in [0.717, 1.165) is 18.2 Å². The normalized spacial score (nSPS) is 15.4. The number of nitrogens with one attached hydrogen (secondary N) is 1. The van der Waals surface area contributed by atoms with Crippen molar-refractivity contribution in [1.29, 1.82) is 0 Å². The summed E-state index contributed by atoms with van der Waals surface area (Å²) in [5, 5.41) is 6.65. The smallest absolute Gasteiger partial charge is 0.416 e. The van der Waals surface area contributed by atoms with Crippen LogP contribution in [0.5, 0.6) is 5.75 Å². The van der Waals surface area contributed by atoms with Gasteiger partial charge in [0.2, 0.25) is 0 Å². The molecular weight excluding hydrogens is 476 g/mol. The van der Waals surface area contributed by atoms with Crippen molar-refractivity contribution < 1.29 is 31.9 Å². The standard InChI is InChI=1S/C22H18F4N4O3.H2S/c1-12-11-29(14-5-3-13(4-6-14)22(24,25)26)21(32)19-18(10-27-30(12)19)28-20(31)16-9-15(33-2)7-8-17(16)23;/h3-10,12H,11H2,1-2H3,(H,28,31);1H2/t12-;/m0./s1. The quantitative estimate of drug-likeness (QED) is 0.534. The van der Waals surface area contributed by atoms with Crippen LogP contribution >= 0.6 is 13.5 Å². The molecule has 2 amide bonds. The largest absolute Gasteiger partial charge is 0.497 e. The van der Waals surface area contributed by atoms with Gasteiger partial charge in [0, 0.05) is 12.2 Å². The molecule has 0 aliphatic carbocycles. The second-order valence-electron chi connectivity index (χ2n) is 7.46. The first-order valence-electron chi connectivity index (χ1n) is 9.81. The molecule has 12 heteroatoms. The molecule has 0 unspecified atom stereocenters. The summed E-state index contributed by atoms with van der Waals surface area (Å²) in [6, 6.07) is 7.55. The third-order valence-electron chi connectivity index (χ3n) is 5.28. The summed E-state index contributed by atoms with van der Waals surface area (Å²) in [5.41, 5.74) is -0.767. The number of halogens is 4. The van der Waals surface area contributed by atoms with Crippen LogP contribution in [0.4, 0.5) is 28.9 Å². The van der Waals surface area contributed by atoms with Gasteiger partial charge in [-0.05, 0) is 49.4 Å². The molecule has 0 saturated heterocycles. The summed E-state index contributed by atoms with van der Waals surface area (Å²) < 4.78 is 59.2. The summed E-state index contributed by atoms with van der Waals surface area (Å²) in [4.78, 5) is 27.2. The number of rotatable bonds is 4. The van der Waals surface area contributed by atoms with Crippen molar-refractivity contribution in [2.45, 2.75) is 19.1 Å². The highest BCUT2D eigenvalue weighted by Crippen LogP contribution is 2.33. The van der Waals surface area contributed by atoms with E-state index in [-0.39, 0.29) is 54.5 Å². The fourth-order valence-electron chi connectivity index (χ4n) is 3.60. The Morgan fingerprint density at radius 3 is 2.47 bits per heavy atom. The highest BCUT2D eigenvalue weighted by molar-refractivity contribution is 7.59. The lowest BCUT2D eigenvalue weighted by Gasteiger charge is -2.32. The van der Waals surface area contributed by atoms with Crippen LogP contribution in [0.25, 0.3) is 0 Å². The van der Waals surface area contributed by atoms with Crippen molar-refractivity contribution in [2.24, 2.45) is 0 Å². The van der Waals surface area contributed by atoms with Gasteiger partial charge in [0.25, 0.3) is 11.8 Å². The summed E-state index contributed by atoms with van der Waals surface area (Å²) in [6.45, 7) is 1.93. The van der Waals surface area contributed by atoms with Gasteiger partial charge in [0.15, 0.2) is 5.69 Å². The molecule has 4 rings (SSSR count). The van der Waals surface area contributed by atoms with Crippen molar-refractivity contribution in [2.75, 3.05) is 23.9 Å². The minimum atomic E-state index is -4.50. The molecule has 0 saturated carbocycles. The van der Waals surface area contributed by atoms with E-state index in [2.05, 4.69) is 10.4 Å². The number of alkyl halides is 3. The molecule has 0 radical (unpaired) electrons. The van der Waals surface area contributed by atoms with Crippen LogP contribution in [0.1, 0.15) is 39.4 Å². The molecule has 1 aromatic heterocycles. The molecule has 7 nitrogen and oxygen atoms in total. The number of ether oxygens (including phenoxy) is 1. The molecule has 1 aliphatic heterocycles. The molecule has 180 valence electrons. The van der Waals surface area contributed by atoms with Crippen LogP contribution in [-0.4, -0.2) is 35.2 Å². The van der Waals surface area contributed by atoms with E-state index < -0.39 is 29.4 Å². The summed E-state index contributed by atoms with van der Waals surface area (Å²) >= 11 is 0. The van der Waals surface area contributed by atoms with Gasteiger partial charge < -0.3 is 15.0 Å². The zero-order valence-corrected chi connectivity index (χ0v) is 19.0. The second kappa shape index (κ2) is 9.37. The van der Waals surface area contributed by atoms with Gasteiger partial charge in [-0.25, -0.2) is 4.39 Å². The zero-order valence-electron chi connectivity index (χ0n) is 18.0. The van der Waals surface area contributed by atoms with E-state index in [1.165, 1.54) is 47.2 Å². The summed E-state index contributed by atoms with van der Waals surface area (Å²) in [5.74, 6) is -1.88. The molecule has 0 spiro atoms. The lowest BCUT2D eigenvalue weighted by Crippen LogP contribution is -2.43. The van der Waals surface area contributed by atoms with Gasteiger partial charge in [-0.1, -0.05) is 0 Å². The van der Waals surface area contributed by atoms with Crippen LogP contribution in [0, 0.1) is 5.82 Å². The predicted molar refractivity (Wildman–Crippen MR) is 121 cm³/mol. The monoisotopic (exact) mass is 496 g/mol. The second-order valence-corrected chi connectivity index (χ2v) is 7.46. The number of hydrogen-bond acceptors (Lipinski definition) is 4. The third-order valence-corrected chi connectivity index (χ3v) is 5.28. The number of amides is 2. The highest BCUT2D eigenvalue weighted by atomic mass is 32.1. The summed E-state index contributed by atoms with van der Waals surface area (Å²) in [6.07, 6.45) is -3.22. The van der Waals surface area contributed by atoms with Crippen molar-refractivity contribution >= 4 is 36.7 Å². The SMILES string of the molecule is COc1ccc(F)c(C(=O)Nc2cnn3c2C(=O)N(c2ccc(C(F)(F)F)cc2)C[C@@H]3C)c1.S. The van der Waals surface area contributed by atoms with E-state index in [4.69, 9.17) is 4.74 Å². The van der Waals surface area contributed by atoms with Gasteiger partial charge in [0.05, 0.1) is 36.2 Å². The molecule has 1 N–H and O–H groups in total. The number of fused-ring (bicyclic) bond motifs is 1. The number of carbonyl (C=O) groups is 2. The minimum absolute atomic E-state index is 0. The number of anilines is 2. The maximum Gasteiger partial charge on any atom is 0.416 e. The number of benzene rings is 2. The van der Waals surface area contributed by atoms with E-state index in [1.807, 2.05) is 0 Å². The molecule has 0 bridgehead atoms. The molecule has 2 heterocycles. The average Bonchev–Trinajstić information content (AvgIpc) is 3.20. The maximum atomic E-state index is 14.2. The van der Waals surface area contributed by atoms with E-state index >= 15 is 0 Å². The lowest BCUT2D eigenvalue weighted by atomic mass is 10.1. The molecule has 2 aromatic carbocycles. The molecule has 34 heavy (non-hydrogen) atoms. The Balaban J connectivity index is 0.00000324. The van der Waals surface area contributed by atoms with Gasteiger partial charge in [-0.15, -0.1) is 0 Å². The van der Waals surface area contributed by atoms with Gasteiger partial charge in [-0.2, -0.15) is 31.8 Å². The van der Waals surface area contributed by atoms with Crippen molar-refractivity contribution in [1.82, 2.24) is 9.78 Å². The molecular formula is C22H20F4N4O3S. The summed E-state index contributed by atoms with van der Waals surface area (Å²) in [7, 11) is 1.37. The molecule has 1 atom stereocenters. The fourth-order valence-corrected chi connectivity index (χ4v) is 3.60. The Kier molecular flexibility index (Phi) is 6.92. The van der Waals surface area contributed by atoms with E-state index in [1.54, 1.807) is 6.92 Å². The average molecular weight is 496 g/mol. The number of carbonyl (C=O) groups excluding carboxylic acids is 2. The molecule has 1 aliphatic rings. The zero-order chi connectivity index (χ0) is 23.9. The Bertz CT molecular complexity index is 1230. The number of methoxy groups -OCH3 is 1. The topological polar surface area (TPSA) is 76.5 Å².